The Morgan fingerprint density at radius 1 is 1.08 bits per heavy atom. The first-order valence-electron chi connectivity index (χ1n) is 7.84. The number of nitrogens with zero attached hydrogens (tertiary/aromatic N) is 2. The molecule has 128 valence electrons. The summed E-state index contributed by atoms with van der Waals surface area (Å²) in [6.45, 7) is 0. The van der Waals surface area contributed by atoms with E-state index in [1.807, 2.05) is 12.1 Å². The number of H-pyrrole nitrogens is 1. The minimum Gasteiger partial charge on any atom is -0.320 e. The van der Waals surface area contributed by atoms with Crippen molar-refractivity contribution in [3.05, 3.63) is 88.7 Å². The van der Waals surface area contributed by atoms with Crippen LogP contribution < -0.4 is 10.9 Å². The van der Waals surface area contributed by atoms with Gasteiger partial charge in [0.2, 0.25) is 0 Å². The average Bonchev–Trinajstić information content (AvgIpc) is 3.13. The van der Waals surface area contributed by atoms with Crippen LogP contribution in [0.1, 0.15) is 10.4 Å². The molecule has 2 aromatic heterocycles. The van der Waals surface area contributed by atoms with Crippen LogP contribution in [0.4, 0.5) is 10.1 Å². The van der Waals surface area contributed by atoms with Crippen LogP contribution in [0.2, 0.25) is 0 Å². The molecule has 2 N–H and O–H groups in total. The Labute approximate surface area is 146 Å². The lowest BCUT2D eigenvalue weighted by Crippen LogP contribution is -2.20. The van der Waals surface area contributed by atoms with Gasteiger partial charge in [0, 0.05) is 23.3 Å². The van der Waals surface area contributed by atoms with Gasteiger partial charge in [0.1, 0.15) is 5.82 Å². The fraction of sp³-hybridized carbons (Fsp3) is 0. The predicted octanol–water partition coefficient (Wildman–Crippen LogP) is 3.11. The molecule has 0 atom stereocenters. The van der Waals surface area contributed by atoms with Gasteiger partial charge in [-0.05, 0) is 36.4 Å². The molecule has 0 aliphatic rings. The first-order chi connectivity index (χ1) is 12.6. The van der Waals surface area contributed by atoms with Crippen LogP contribution in [0.15, 0.2) is 71.8 Å². The van der Waals surface area contributed by atoms with Gasteiger partial charge in [-0.15, -0.1) is 0 Å². The summed E-state index contributed by atoms with van der Waals surface area (Å²) >= 11 is 0. The number of nitrogens with one attached hydrogen (secondary N) is 2. The highest BCUT2D eigenvalue weighted by Gasteiger charge is 2.11. The molecule has 0 aliphatic carbocycles. The number of carbonyl (C=O) groups is 1. The highest BCUT2D eigenvalue weighted by atomic mass is 19.1. The molecule has 0 unspecified atom stereocenters. The summed E-state index contributed by atoms with van der Waals surface area (Å²) in [4.78, 5) is 24.7. The Morgan fingerprint density at radius 3 is 2.69 bits per heavy atom. The number of benzene rings is 2. The Bertz CT molecular complexity index is 1160. The molecule has 0 saturated heterocycles. The monoisotopic (exact) mass is 348 g/mol. The average molecular weight is 348 g/mol. The minimum absolute atomic E-state index is 0.297. The molecule has 4 rings (SSSR count). The highest BCUT2D eigenvalue weighted by molar-refractivity contribution is 6.08. The lowest BCUT2D eigenvalue weighted by atomic mass is 10.2. The summed E-state index contributed by atoms with van der Waals surface area (Å²) in [5.41, 5.74) is 1.76. The maximum Gasteiger partial charge on any atom is 0.257 e. The SMILES string of the molecule is O=C(Nc1cccc2cn[nH]c12)c1ccc(=O)n(-c2ccc(F)cc2)c1. The van der Waals surface area contributed by atoms with Gasteiger partial charge in [-0.2, -0.15) is 5.10 Å². The van der Waals surface area contributed by atoms with Crippen molar-refractivity contribution in [1.29, 1.82) is 0 Å². The number of halogens is 1. The number of aromatic amines is 1. The van der Waals surface area contributed by atoms with Crippen LogP contribution >= 0.6 is 0 Å². The standard InChI is InChI=1S/C19H13FN4O2/c20-14-5-7-15(8-6-14)24-11-13(4-9-17(24)25)19(26)22-16-3-1-2-12-10-21-23-18(12)16/h1-11H,(H,21,23)(H,22,26). The molecule has 26 heavy (non-hydrogen) atoms. The Hall–Kier alpha value is -3.74. The fourth-order valence-electron chi connectivity index (χ4n) is 2.69. The molecule has 7 heteroatoms. The smallest absolute Gasteiger partial charge is 0.257 e. The molecule has 0 spiro atoms. The summed E-state index contributed by atoms with van der Waals surface area (Å²) in [5.74, 6) is -0.772. The van der Waals surface area contributed by atoms with Crippen LogP contribution in [0.3, 0.4) is 0 Å². The first-order valence-corrected chi connectivity index (χ1v) is 7.84. The maximum atomic E-state index is 13.1. The number of rotatable bonds is 3. The molecule has 4 aromatic rings. The quantitative estimate of drug-likeness (QED) is 0.597. The number of carbonyl (C=O) groups excluding carboxylic acids is 1. The van der Waals surface area contributed by atoms with Gasteiger partial charge in [0.05, 0.1) is 23.0 Å². The number of aromatic nitrogens is 3. The van der Waals surface area contributed by atoms with Crippen molar-refractivity contribution in [1.82, 2.24) is 14.8 Å². The summed E-state index contributed by atoms with van der Waals surface area (Å²) < 4.78 is 14.4. The third-order valence-corrected chi connectivity index (χ3v) is 4.00. The lowest BCUT2D eigenvalue weighted by Gasteiger charge is -2.09. The van der Waals surface area contributed by atoms with Gasteiger partial charge < -0.3 is 5.32 Å². The van der Waals surface area contributed by atoms with E-state index in [-0.39, 0.29) is 11.5 Å². The van der Waals surface area contributed by atoms with Crippen molar-refractivity contribution in [3.8, 4) is 5.69 Å². The molecular weight excluding hydrogens is 335 g/mol. The summed E-state index contributed by atoms with van der Waals surface area (Å²) in [7, 11) is 0. The van der Waals surface area contributed by atoms with Gasteiger partial charge in [-0.3, -0.25) is 19.3 Å². The summed E-state index contributed by atoms with van der Waals surface area (Å²) in [6.07, 6.45) is 3.09. The number of fused-ring (bicyclic) bond motifs is 1. The van der Waals surface area contributed by atoms with Crippen LogP contribution in [-0.4, -0.2) is 20.7 Å². The molecule has 1 amide bonds. The summed E-state index contributed by atoms with van der Waals surface area (Å²) in [5, 5.41) is 10.5. The van der Waals surface area contributed by atoms with Crippen LogP contribution in [0.5, 0.6) is 0 Å². The third kappa shape index (κ3) is 2.86. The number of amides is 1. The number of hydrogen-bond donors (Lipinski definition) is 2. The zero-order valence-corrected chi connectivity index (χ0v) is 13.4. The largest absolute Gasteiger partial charge is 0.320 e. The molecule has 0 aliphatic heterocycles. The van der Waals surface area contributed by atoms with E-state index in [1.165, 1.54) is 47.2 Å². The zero-order valence-electron chi connectivity index (χ0n) is 13.4. The van der Waals surface area contributed by atoms with E-state index in [4.69, 9.17) is 0 Å². The molecule has 0 fully saturated rings. The number of hydrogen-bond acceptors (Lipinski definition) is 3. The van der Waals surface area contributed by atoms with Crippen molar-refractivity contribution in [2.75, 3.05) is 5.32 Å². The van der Waals surface area contributed by atoms with E-state index in [9.17, 15) is 14.0 Å². The first kappa shape index (κ1) is 15.8. The molecule has 0 radical (unpaired) electrons. The summed E-state index contributed by atoms with van der Waals surface area (Å²) in [6, 6.07) is 13.7. The van der Waals surface area contributed by atoms with Gasteiger partial charge in [0.15, 0.2) is 0 Å². The normalized spacial score (nSPS) is 10.8. The van der Waals surface area contributed by atoms with Crippen molar-refractivity contribution < 1.29 is 9.18 Å². The molecular formula is C19H13FN4O2. The van der Waals surface area contributed by atoms with Crippen molar-refractivity contribution in [2.45, 2.75) is 0 Å². The third-order valence-electron chi connectivity index (χ3n) is 4.00. The minimum atomic E-state index is -0.400. The Morgan fingerprint density at radius 2 is 1.88 bits per heavy atom. The molecule has 0 saturated carbocycles. The zero-order chi connectivity index (χ0) is 18.1. The van der Waals surface area contributed by atoms with Crippen LogP contribution in [0.25, 0.3) is 16.6 Å². The molecule has 0 bridgehead atoms. The van der Waals surface area contributed by atoms with Crippen LogP contribution in [-0.2, 0) is 0 Å². The maximum absolute atomic E-state index is 13.1. The predicted molar refractivity (Wildman–Crippen MR) is 96.0 cm³/mol. The second-order valence-corrected chi connectivity index (χ2v) is 5.70. The van der Waals surface area contributed by atoms with E-state index < -0.39 is 5.82 Å². The van der Waals surface area contributed by atoms with Crippen molar-refractivity contribution >= 4 is 22.5 Å². The Balaban J connectivity index is 1.68. The van der Waals surface area contributed by atoms with Crippen molar-refractivity contribution in [3.63, 3.8) is 0 Å². The van der Waals surface area contributed by atoms with Gasteiger partial charge >= 0.3 is 0 Å². The molecule has 2 aromatic carbocycles. The van der Waals surface area contributed by atoms with E-state index >= 15 is 0 Å². The molecule has 2 heterocycles. The topological polar surface area (TPSA) is 79.8 Å². The highest BCUT2D eigenvalue weighted by Crippen LogP contribution is 2.21. The van der Waals surface area contributed by atoms with Crippen molar-refractivity contribution in [2.24, 2.45) is 0 Å². The van der Waals surface area contributed by atoms with E-state index in [2.05, 4.69) is 15.5 Å². The second-order valence-electron chi connectivity index (χ2n) is 5.70. The van der Waals surface area contributed by atoms with E-state index in [0.29, 0.717) is 22.5 Å². The number of para-hydroxylation sites is 1. The molecule has 6 nitrogen and oxygen atoms in total. The van der Waals surface area contributed by atoms with E-state index in [0.717, 1.165) is 5.39 Å². The Kier molecular flexibility index (Phi) is 3.81. The lowest BCUT2D eigenvalue weighted by molar-refractivity contribution is 0.102. The van der Waals surface area contributed by atoms with Crippen LogP contribution in [0, 0.1) is 5.82 Å². The number of anilines is 1. The van der Waals surface area contributed by atoms with Gasteiger partial charge in [-0.1, -0.05) is 12.1 Å². The fourth-order valence-corrected chi connectivity index (χ4v) is 2.69. The van der Waals surface area contributed by atoms with E-state index in [1.54, 1.807) is 12.3 Å². The number of pyridine rings is 1. The second kappa shape index (κ2) is 6.29. The van der Waals surface area contributed by atoms with Gasteiger partial charge in [0.25, 0.3) is 11.5 Å². The van der Waals surface area contributed by atoms with Gasteiger partial charge in [-0.25, -0.2) is 4.39 Å².